The maximum atomic E-state index is 13.1. The van der Waals surface area contributed by atoms with Crippen LogP contribution in [-0.2, 0) is 41.6 Å². The fourth-order valence-corrected chi connectivity index (χ4v) is 6.40. The molecular formula is C51H70N8O6. The zero-order valence-electron chi connectivity index (χ0n) is 39.8. The van der Waals surface area contributed by atoms with E-state index >= 15 is 0 Å². The Morgan fingerprint density at radius 1 is 0.754 bits per heavy atom. The predicted molar refractivity (Wildman–Crippen MR) is 262 cm³/mol. The molecule has 1 fully saturated rings. The SMILES string of the molecule is CC.CC.CN(C)Cc1ncc(-c2ccc(-c3ccc(-c4cnc(C5CCCN5C(=O)Cc5ccccc5)[nH]4)cc3)cc2)[nH]1.COC.COC.NC=O.O=CNC(C=O)c1ccccc1. The van der Waals surface area contributed by atoms with Crippen LogP contribution in [0.1, 0.15) is 75.4 Å². The average Bonchev–Trinajstić information content (AvgIpc) is 4.14. The molecule has 3 heterocycles. The van der Waals surface area contributed by atoms with E-state index in [2.05, 4.69) is 88.9 Å². The summed E-state index contributed by atoms with van der Waals surface area (Å²) < 4.78 is 8.50. The lowest BCUT2D eigenvalue weighted by Crippen LogP contribution is -2.32. The number of rotatable bonds is 12. The zero-order chi connectivity index (χ0) is 48.4. The number of carbonyl (C=O) groups is 4. The number of methoxy groups -OCH3 is 2. The number of aldehydes is 1. The van der Waals surface area contributed by atoms with E-state index in [-0.39, 0.29) is 18.4 Å². The van der Waals surface area contributed by atoms with Crippen molar-refractivity contribution in [3.05, 3.63) is 144 Å². The van der Waals surface area contributed by atoms with Crippen LogP contribution in [0.25, 0.3) is 33.6 Å². The molecule has 1 saturated heterocycles. The molecule has 65 heavy (non-hydrogen) atoms. The van der Waals surface area contributed by atoms with Crippen molar-refractivity contribution >= 4 is 25.0 Å². The van der Waals surface area contributed by atoms with Crippen molar-refractivity contribution in [1.82, 2.24) is 35.1 Å². The molecule has 1 aliphatic rings. The molecule has 350 valence electrons. The highest BCUT2D eigenvalue weighted by molar-refractivity contribution is 5.79. The summed E-state index contributed by atoms with van der Waals surface area (Å²) in [6.07, 6.45) is 7.59. The number of amides is 3. The highest BCUT2D eigenvalue weighted by atomic mass is 16.5. The summed E-state index contributed by atoms with van der Waals surface area (Å²) in [6.45, 7) is 9.56. The Balaban J connectivity index is 0.000000700. The number of nitrogens with two attached hydrogens (primary N) is 1. The van der Waals surface area contributed by atoms with Crippen molar-refractivity contribution in [2.45, 2.75) is 65.6 Å². The number of hydrogen-bond donors (Lipinski definition) is 4. The molecule has 14 heteroatoms. The first-order chi connectivity index (χ1) is 31.7. The average molecular weight is 891 g/mol. The molecule has 2 aromatic heterocycles. The van der Waals surface area contributed by atoms with Crippen molar-refractivity contribution in [2.75, 3.05) is 49.1 Å². The zero-order valence-corrected chi connectivity index (χ0v) is 39.8. The van der Waals surface area contributed by atoms with Gasteiger partial charge in [0.1, 0.15) is 24.0 Å². The Labute approximate surface area is 386 Å². The van der Waals surface area contributed by atoms with Crippen LogP contribution in [0, 0.1) is 0 Å². The van der Waals surface area contributed by atoms with E-state index in [0.29, 0.717) is 19.1 Å². The summed E-state index contributed by atoms with van der Waals surface area (Å²) in [5.41, 5.74) is 12.5. The first-order valence-electron chi connectivity index (χ1n) is 21.6. The van der Waals surface area contributed by atoms with E-state index < -0.39 is 6.04 Å². The molecule has 0 radical (unpaired) electrons. The fraction of sp³-hybridized carbons (Fsp3) is 0.333. The largest absolute Gasteiger partial charge is 0.388 e. The number of aromatic amines is 2. The number of benzene rings is 4. The fourth-order valence-electron chi connectivity index (χ4n) is 6.40. The molecule has 0 aliphatic carbocycles. The Morgan fingerprint density at radius 2 is 1.22 bits per heavy atom. The maximum absolute atomic E-state index is 13.1. The number of nitrogens with zero attached hydrogens (tertiary/aromatic N) is 4. The number of H-pyrrole nitrogens is 2. The van der Waals surface area contributed by atoms with E-state index in [4.69, 9.17) is 9.78 Å². The maximum Gasteiger partial charge on any atom is 0.227 e. The molecule has 0 saturated carbocycles. The van der Waals surface area contributed by atoms with Crippen LogP contribution in [-0.4, -0.2) is 104 Å². The van der Waals surface area contributed by atoms with E-state index in [1.807, 2.05) is 108 Å². The molecule has 2 unspecified atom stereocenters. The lowest BCUT2D eigenvalue weighted by molar-refractivity contribution is -0.131. The smallest absolute Gasteiger partial charge is 0.227 e. The molecule has 2 atom stereocenters. The second-order valence-corrected chi connectivity index (χ2v) is 14.0. The third-order valence-corrected chi connectivity index (χ3v) is 9.04. The Hall–Kier alpha value is -6.74. The Kier molecular flexibility index (Phi) is 29.2. The highest BCUT2D eigenvalue weighted by Gasteiger charge is 2.32. The Bertz CT molecular complexity index is 2140. The molecule has 7 rings (SSSR count). The number of aromatic nitrogens is 4. The minimum atomic E-state index is -0.524. The van der Waals surface area contributed by atoms with E-state index in [9.17, 15) is 14.4 Å². The normalized spacial score (nSPS) is 12.4. The second kappa shape index (κ2) is 33.8. The molecule has 5 N–H and O–H groups in total. The van der Waals surface area contributed by atoms with Gasteiger partial charge in [0.25, 0.3) is 0 Å². The first kappa shape index (κ1) is 56.3. The van der Waals surface area contributed by atoms with Gasteiger partial charge >= 0.3 is 0 Å². The van der Waals surface area contributed by atoms with Gasteiger partial charge in [0, 0.05) is 35.0 Å². The first-order valence-corrected chi connectivity index (χ1v) is 21.6. The van der Waals surface area contributed by atoms with Gasteiger partial charge in [-0.3, -0.25) is 14.4 Å². The van der Waals surface area contributed by atoms with Crippen LogP contribution in [0.15, 0.2) is 122 Å². The molecule has 1 aliphatic heterocycles. The molecule has 14 nitrogen and oxygen atoms in total. The number of carbonyl (C=O) groups excluding carboxylic acids is 4. The van der Waals surface area contributed by atoms with Crippen molar-refractivity contribution in [3.8, 4) is 33.6 Å². The van der Waals surface area contributed by atoms with Crippen LogP contribution in [0.2, 0.25) is 0 Å². The van der Waals surface area contributed by atoms with Crippen LogP contribution in [0.5, 0.6) is 0 Å². The number of primary amides is 1. The van der Waals surface area contributed by atoms with Gasteiger partial charge in [-0.1, -0.05) is 137 Å². The third-order valence-electron chi connectivity index (χ3n) is 9.04. The number of nitrogens with one attached hydrogen (secondary N) is 3. The monoisotopic (exact) mass is 891 g/mol. The molecule has 0 spiro atoms. The van der Waals surface area contributed by atoms with Crippen LogP contribution < -0.4 is 11.1 Å². The predicted octanol–water partition coefficient (Wildman–Crippen LogP) is 8.45. The lowest BCUT2D eigenvalue weighted by Gasteiger charge is -2.23. The standard InChI is InChI=1S/C33H34N6O.C9H9NO2.2C2H6O.2C2H6.CH3NO/c1-38(2)22-31-34-20-28(36-31)26-14-10-24(11-15-26)25-12-16-27(17-13-25)29-21-35-33(37-29)30-9-6-18-39(30)32(40)19-23-7-4-3-5-8-23;11-6-9(10-7-12)8-4-2-1-3-5-8;2*1-3-2;2*1-2;2-1-3/h3-5,7-8,10-17,20-21,30H,6,9,18-19,22H2,1-2H3,(H,34,36)(H,35,37);1-7,9H,(H,10,12);2*1-2H3;2*1-2H3;1H,(H2,2,3). The quantitative estimate of drug-likeness (QED) is 0.0874. The summed E-state index contributed by atoms with van der Waals surface area (Å²) >= 11 is 0. The summed E-state index contributed by atoms with van der Waals surface area (Å²) in [5.74, 6) is 1.98. The molecule has 0 bridgehead atoms. The van der Waals surface area contributed by atoms with Gasteiger partial charge in [0.05, 0.1) is 42.8 Å². The summed E-state index contributed by atoms with van der Waals surface area (Å²) in [6, 6.07) is 35.6. The van der Waals surface area contributed by atoms with Crippen molar-refractivity contribution in [2.24, 2.45) is 5.73 Å². The van der Waals surface area contributed by atoms with E-state index in [1.165, 1.54) is 0 Å². The van der Waals surface area contributed by atoms with Gasteiger partial charge in [-0.15, -0.1) is 0 Å². The van der Waals surface area contributed by atoms with E-state index in [0.717, 1.165) is 82.3 Å². The van der Waals surface area contributed by atoms with Gasteiger partial charge in [0.15, 0.2) is 0 Å². The molecule has 3 amide bonds. The molecule has 6 aromatic rings. The topological polar surface area (TPSA) is 189 Å². The van der Waals surface area contributed by atoms with Gasteiger partial charge in [0.2, 0.25) is 18.7 Å². The van der Waals surface area contributed by atoms with Gasteiger partial charge < -0.3 is 45.1 Å². The van der Waals surface area contributed by atoms with Gasteiger partial charge in [-0.2, -0.15) is 0 Å². The van der Waals surface area contributed by atoms with E-state index in [1.54, 1.807) is 40.6 Å². The van der Waals surface area contributed by atoms with Crippen LogP contribution in [0.4, 0.5) is 0 Å². The number of likely N-dealkylation sites (tertiary alicyclic amines) is 1. The second-order valence-electron chi connectivity index (χ2n) is 14.0. The minimum Gasteiger partial charge on any atom is -0.388 e. The third kappa shape index (κ3) is 19.7. The summed E-state index contributed by atoms with van der Waals surface area (Å²) in [7, 11) is 10.6. The number of ether oxygens (including phenoxy) is 2. The summed E-state index contributed by atoms with van der Waals surface area (Å²) in [5, 5.41) is 2.40. The van der Waals surface area contributed by atoms with Crippen molar-refractivity contribution < 1.29 is 28.7 Å². The minimum absolute atomic E-state index is 0.00316. The number of imidazole rings is 2. The van der Waals surface area contributed by atoms with Crippen molar-refractivity contribution in [3.63, 3.8) is 0 Å². The van der Waals surface area contributed by atoms with Crippen molar-refractivity contribution in [1.29, 1.82) is 0 Å². The number of hydrogen-bond acceptors (Lipinski definition) is 9. The van der Waals surface area contributed by atoms with Crippen LogP contribution >= 0.6 is 0 Å². The van der Waals surface area contributed by atoms with Gasteiger partial charge in [-0.25, -0.2) is 9.97 Å². The highest BCUT2D eigenvalue weighted by Crippen LogP contribution is 2.33. The lowest BCUT2D eigenvalue weighted by atomic mass is 10.0. The summed E-state index contributed by atoms with van der Waals surface area (Å²) in [4.78, 5) is 62.4. The molecule has 4 aromatic carbocycles. The van der Waals surface area contributed by atoms with Gasteiger partial charge in [-0.05, 0) is 60.3 Å². The molecular weight excluding hydrogens is 821 g/mol. The van der Waals surface area contributed by atoms with Crippen LogP contribution in [0.3, 0.4) is 0 Å². The Morgan fingerprint density at radius 3 is 1.69 bits per heavy atom.